The van der Waals surface area contributed by atoms with Crippen molar-refractivity contribution in [2.75, 3.05) is 27.3 Å². The molecular formula is C12H24N2O5. The van der Waals surface area contributed by atoms with E-state index in [1.54, 1.807) is 6.92 Å². The normalized spacial score (nSPS) is 15.4. The quantitative estimate of drug-likeness (QED) is 0.585. The van der Waals surface area contributed by atoms with Gasteiger partial charge in [0.1, 0.15) is 6.04 Å². The first kappa shape index (κ1) is 17.7. The summed E-state index contributed by atoms with van der Waals surface area (Å²) in [6, 6.07) is -1.46. The summed E-state index contributed by atoms with van der Waals surface area (Å²) in [5.74, 6) is -1.23. The van der Waals surface area contributed by atoms with E-state index in [0.717, 1.165) is 0 Å². The Hall–Kier alpha value is -1.34. The lowest BCUT2D eigenvalue weighted by Crippen LogP contribution is -2.51. The Balaban J connectivity index is 4.43. The molecule has 0 aromatic rings. The van der Waals surface area contributed by atoms with Gasteiger partial charge in [0.15, 0.2) is 0 Å². The van der Waals surface area contributed by atoms with E-state index < -0.39 is 24.1 Å². The third-order valence-corrected chi connectivity index (χ3v) is 2.95. The summed E-state index contributed by atoms with van der Waals surface area (Å²) in [7, 11) is 2.94. The molecule has 0 aliphatic carbocycles. The van der Waals surface area contributed by atoms with Crippen LogP contribution in [-0.2, 0) is 9.53 Å². The lowest BCUT2D eigenvalue weighted by molar-refractivity contribution is -0.140. The Bertz CT molecular complexity index is 298. The molecule has 0 saturated heterocycles. The van der Waals surface area contributed by atoms with Crippen LogP contribution in [0.1, 0.15) is 20.3 Å². The molecule has 0 aromatic heterocycles. The van der Waals surface area contributed by atoms with Crippen molar-refractivity contribution in [3.05, 3.63) is 0 Å². The van der Waals surface area contributed by atoms with E-state index >= 15 is 0 Å². The molecule has 3 N–H and O–H groups in total. The number of nitrogens with zero attached hydrogens (tertiary/aromatic N) is 1. The molecule has 3 atom stereocenters. The second kappa shape index (κ2) is 8.71. The molecular weight excluding hydrogens is 252 g/mol. The lowest BCUT2D eigenvalue weighted by Gasteiger charge is -2.25. The highest BCUT2D eigenvalue weighted by molar-refractivity contribution is 5.82. The number of nitrogens with one attached hydrogen (secondary N) is 1. The van der Waals surface area contributed by atoms with E-state index in [0.29, 0.717) is 6.42 Å². The average Bonchev–Trinajstić information content (AvgIpc) is 2.34. The Morgan fingerprint density at radius 1 is 1.42 bits per heavy atom. The second-order valence-corrected chi connectivity index (χ2v) is 4.64. The summed E-state index contributed by atoms with van der Waals surface area (Å²) in [5.41, 5.74) is 0. The number of aliphatic hydroxyl groups excluding tert-OH is 1. The van der Waals surface area contributed by atoms with Crippen LogP contribution in [0.25, 0.3) is 0 Å². The minimum Gasteiger partial charge on any atom is -0.480 e. The number of aliphatic carboxylic acids is 1. The van der Waals surface area contributed by atoms with Crippen LogP contribution >= 0.6 is 0 Å². The fraction of sp³-hybridized carbons (Fsp3) is 0.833. The molecule has 3 unspecified atom stereocenters. The van der Waals surface area contributed by atoms with E-state index in [4.69, 9.17) is 9.84 Å². The number of carboxylic acid groups (broad SMARTS) is 1. The fourth-order valence-electron chi connectivity index (χ4n) is 1.57. The van der Waals surface area contributed by atoms with Crippen LogP contribution < -0.4 is 5.32 Å². The van der Waals surface area contributed by atoms with Gasteiger partial charge in [0.2, 0.25) is 0 Å². The molecule has 7 heteroatoms. The van der Waals surface area contributed by atoms with Gasteiger partial charge in [-0.1, -0.05) is 20.3 Å². The van der Waals surface area contributed by atoms with Gasteiger partial charge in [-0.25, -0.2) is 9.59 Å². The smallest absolute Gasteiger partial charge is 0.326 e. The predicted molar refractivity (Wildman–Crippen MR) is 69.9 cm³/mol. The van der Waals surface area contributed by atoms with Crippen molar-refractivity contribution in [3.63, 3.8) is 0 Å². The summed E-state index contributed by atoms with van der Waals surface area (Å²) in [4.78, 5) is 24.1. The number of hydrogen-bond donors (Lipinski definition) is 3. The Kier molecular flexibility index (Phi) is 8.09. The van der Waals surface area contributed by atoms with Gasteiger partial charge in [0.05, 0.1) is 19.3 Å². The number of likely N-dealkylation sites (N-methyl/N-ethyl adjacent to an activating group) is 1. The average molecular weight is 276 g/mol. The van der Waals surface area contributed by atoms with Gasteiger partial charge < -0.3 is 25.2 Å². The van der Waals surface area contributed by atoms with Gasteiger partial charge >= 0.3 is 12.0 Å². The van der Waals surface area contributed by atoms with Gasteiger partial charge in [-0.15, -0.1) is 0 Å². The molecule has 0 saturated carbocycles. The number of methoxy groups -OCH3 is 1. The van der Waals surface area contributed by atoms with Crippen LogP contribution in [0.15, 0.2) is 0 Å². The van der Waals surface area contributed by atoms with Crippen LogP contribution in [-0.4, -0.2) is 66.6 Å². The lowest BCUT2D eigenvalue weighted by atomic mass is 9.99. The number of rotatable bonds is 8. The number of carboxylic acids is 1. The highest BCUT2D eigenvalue weighted by atomic mass is 16.5. The largest absolute Gasteiger partial charge is 0.480 e. The molecule has 0 fully saturated rings. The fourth-order valence-corrected chi connectivity index (χ4v) is 1.57. The number of carbonyl (C=O) groups is 2. The highest BCUT2D eigenvalue weighted by Crippen LogP contribution is 2.08. The Labute approximate surface area is 113 Å². The summed E-state index contributed by atoms with van der Waals surface area (Å²) in [6.07, 6.45) is -0.152. The molecule has 0 radical (unpaired) electrons. The Morgan fingerprint density at radius 3 is 2.42 bits per heavy atom. The van der Waals surface area contributed by atoms with Gasteiger partial charge in [0.25, 0.3) is 0 Å². The predicted octanol–water partition coefficient (Wildman–Crippen LogP) is 0.134. The highest BCUT2D eigenvalue weighted by Gasteiger charge is 2.26. The van der Waals surface area contributed by atoms with Crippen molar-refractivity contribution in [2.24, 2.45) is 5.92 Å². The number of carbonyl (C=O) groups excluding carboxylic acids is 1. The molecule has 7 nitrogen and oxygen atoms in total. The van der Waals surface area contributed by atoms with E-state index in [9.17, 15) is 14.7 Å². The van der Waals surface area contributed by atoms with Crippen molar-refractivity contribution in [3.8, 4) is 0 Å². The molecule has 0 aliphatic heterocycles. The zero-order valence-corrected chi connectivity index (χ0v) is 11.9. The first-order valence-corrected chi connectivity index (χ1v) is 6.24. The molecule has 19 heavy (non-hydrogen) atoms. The summed E-state index contributed by atoms with van der Waals surface area (Å²) in [6.45, 7) is 3.81. The zero-order valence-electron chi connectivity index (χ0n) is 11.9. The minimum atomic E-state index is -1.06. The topological polar surface area (TPSA) is 99.1 Å². The maximum absolute atomic E-state index is 11.8. The van der Waals surface area contributed by atoms with Gasteiger partial charge in [-0.2, -0.15) is 0 Å². The van der Waals surface area contributed by atoms with E-state index in [-0.39, 0.29) is 19.1 Å². The molecule has 0 spiro atoms. The standard InChI is InChI=1S/C12H24N2O5/c1-5-8(2)10(11(16)17)13-12(18)14(3)6-9(15)7-19-4/h8-10,15H,5-7H2,1-4H3,(H,13,18)(H,16,17). The molecule has 0 heterocycles. The molecule has 0 bridgehead atoms. The number of hydrogen-bond acceptors (Lipinski definition) is 4. The molecule has 0 aliphatic rings. The third kappa shape index (κ3) is 6.40. The van der Waals surface area contributed by atoms with Crippen molar-refractivity contribution >= 4 is 12.0 Å². The van der Waals surface area contributed by atoms with Crippen LogP contribution in [0, 0.1) is 5.92 Å². The van der Waals surface area contributed by atoms with Gasteiger partial charge in [-0.3, -0.25) is 0 Å². The molecule has 112 valence electrons. The van der Waals surface area contributed by atoms with E-state index in [2.05, 4.69) is 5.32 Å². The van der Waals surface area contributed by atoms with Crippen molar-refractivity contribution < 1.29 is 24.5 Å². The Morgan fingerprint density at radius 2 is 2.00 bits per heavy atom. The summed E-state index contributed by atoms with van der Waals surface area (Å²) in [5, 5.41) is 21.0. The number of ether oxygens (including phenoxy) is 1. The monoisotopic (exact) mass is 276 g/mol. The molecule has 2 amide bonds. The van der Waals surface area contributed by atoms with Crippen molar-refractivity contribution in [2.45, 2.75) is 32.4 Å². The van der Waals surface area contributed by atoms with Crippen molar-refractivity contribution in [1.82, 2.24) is 10.2 Å². The molecule has 0 rings (SSSR count). The van der Waals surface area contributed by atoms with E-state index in [1.165, 1.54) is 19.1 Å². The minimum absolute atomic E-state index is 0.0759. The van der Waals surface area contributed by atoms with E-state index in [1.807, 2.05) is 6.92 Å². The first-order valence-electron chi connectivity index (χ1n) is 6.24. The second-order valence-electron chi connectivity index (χ2n) is 4.64. The van der Waals surface area contributed by atoms with Gasteiger partial charge in [0, 0.05) is 14.2 Å². The SMILES string of the molecule is CCC(C)C(NC(=O)N(C)CC(O)COC)C(=O)O. The number of aliphatic hydroxyl groups is 1. The number of amides is 2. The zero-order chi connectivity index (χ0) is 15.0. The summed E-state index contributed by atoms with van der Waals surface area (Å²) < 4.78 is 4.76. The number of urea groups is 1. The maximum atomic E-state index is 11.8. The van der Waals surface area contributed by atoms with Crippen LogP contribution in [0.3, 0.4) is 0 Å². The van der Waals surface area contributed by atoms with Gasteiger partial charge in [-0.05, 0) is 5.92 Å². The van der Waals surface area contributed by atoms with Crippen LogP contribution in [0.4, 0.5) is 4.79 Å². The molecule has 0 aromatic carbocycles. The maximum Gasteiger partial charge on any atom is 0.326 e. The van der Waals surface area contributed by atoms with Crippen LogP contribution in [0.2, 0.25) is 0 Å². The van der Waals surface area contributed by atoms with Crippen molar-refractivity contribution in [1.29, 1.82) is 0 Å². The first-order chi connectivity index (χ1) is 8.83. The van der Waals surface area contributed by atoms with Crippen LogP contribution in [0.5, 0.6) is 0 Å². The third-order valence-electron chi connectivity index (χ3n) is 2.95. The summed E-state index contributed by atoms with van der Waals surface area (Å²) >= 11 is 0.